The van der Waals surface area contributed by atoms with Crippen LogP contribution in [0.2, 0.25) is 0 Å². The number of nitrogens with zero attached hydrogens (tertiary/aromatic N) is 1. The van der Waals surface area contributed by atoms with Crippen LogP contribution < -0.4 is 10.1 Å². The van der Waals surface area contributed by atoms with Gasteiger partial charge in [0, 0.05) is 13.0 Å². The fourth-order valence-corrected chi connectivity index (χ4v) is 3.70. The predicted octanol–water partition coefficient (Wildman–Crippen LogP) is 5.06. The van der Waals surface area contributed by atoms with Gasteiger partial charge in [-0.15, -0.1) is 0 Å². The summed E-state index contributed by atoms with van der Waals surface area (Å²) in [5, 5.41) is 2.74. The number of carbonyl (C=O) groups excluding carboxylic acids is 1. The van der Waals surface area contributed by atoms with Gasteiger partial charge in [0.25, 0.3) is 5.92 Å². The first-order chi connectivity index (χ1) is 15.0. The highest BCUT2D eigenvalue weighted by atomic mass is 19.4. The third-order valence-corrected chi connectivity index (χ3v) is 5.45. The van der Waals surface area contributed by atoms with E-state index in [1.807, 2.05) is 6.07 Å². The molecule has 0 bridgehead atoms. The molecule has 1 heterocycles. The number of likely N-dealkylation sites (tertiary alicyclic amines) is 1. The van der Waals surface area contributed by atoms with Crippen LogP contribution in [0.4, 0.5) is 22.0 Å². The Morgan fingerprint density at radius 3 is 2.44 bits per heavy atom. The largest absolute Gasteiger partial charge is 0.492 e. The third kappa shape index (κ3) is 6.41. The molecule has 1 fully saturated rings. The van der Waals surface area contributed by atoms with Gasteiger partial charge in [-0.2, -0.15) is 13.2 Å². The molecule has 0 spiro atoms. The molecule has 174 valence electrons. The van der Waals surface area contributed by atoms with Gasteiger partial charge in [0.1, 0.15) is 12.4 Å². The number of hydrogen-bond acceptors (Lipinski definition) is 3. The van der Waals surface area contributed by atoms with E-state index < -0.39 is 48.6 Å². The van der Waals surface area contributed by atoms with Crippen LogP contribution in [0.25, 0.3) is 0 Å². The number of alkyl halides is 5. The molecule has 1 saturated heterocycles. The van der Waals surface area contributed by atoms with Crippen molar-refractivity contribution in [3.05, 3.63) is 65.7 Å². The first kappa shape index (κ1) is 24.0. The number of rotatable bonds is 7. The molecule has 3 rings (SSSR count). The quantitative estimate of drug-likeness (QED) is 0.592. The van der Waals surface area contributed by atoms with Crippen molar-refractivity contribution < 1.29 is 31.5 Å². The Morgan fingerprint density at radius 1 is 1.16 bits per heavy atom. The standard InChI is InChI=1S/C23H25F5N2O2/c1-16(17-7-9-18(10-8-17)23(26,27)28)29-21(31)20-11-12-22(24,25)15-30(20)13-14-32-19-5-3-2-4-6-19/h2-10,16,20H,11-15H2,1H3,(H,29,31)/t16-,20+/m0/s1. The van der Waals surface area contributed by atoms with Gasteiger partial charge in [-0.25, -0.2) is 8.78 Å². The molecule has 0 radical (unpaired) electrons. The molecule has 0 aromatic heterocycles. The molecule has 0 unspecified atom stereocenters. The summed E-state index contributed by atoms with van der Waals surface area (Å²) in [4.78, 5) is 14.2. The van der Waals surface area contributed by atoms with Gasteiger partial charge in [0.2, 0.25) is 5.91 Å². The van der Waals surface area contributed by atoms with E-state index in [-0.39, 0.29) is 19.6 Å². The molecule has 4 nitrogen and oxygen atoms in total. The molecule has 1 N–H and O–H groups in total. The second-order valence-electron chi connectivity index (χ2n) is 7.89. The monoisotopic (exact) mass is 456 g/mol. The lowest BCUT2D eigenvalue weighted by atomic mass is 9.97. The molecule has 1 aliphatic rings. The number of hydrogen-bond donors (Lipinski definition) is 1. The SMILES string of the molecule is C[C@H](NC(=O)[C@H]1CCC(F)(F)CN1CCOc1ccccc1)c1ccc(C(F)(F)F)cc1. The Labute approximate surface area is 183 Å². The highest BCUT2D eigenvalue weighted by molar-refractivity contribution is 5.82. The van der Waals surface area contributed by atoms with Crippen LogP contribution in [0.3, 0.4) is 0 Å². The minimum atomic E-state index is -4.44. The number of amides is 1. The van der Waals surface area contributed by atoms with Crippen LogP contribution in [0.5, 0.6) is 5.75 Å². The lowest BCUT2D eigenvalue weighted by Crippen LogP contribution is -2.56. The summed E-state index contributed by atoms with van der Waals surface area (Å²) in [5.74, 6) is -2.73. The molecule has 2 aromatic rings. The number of para-hydroxylation sites is 1. The third-order valence-electron chi connectivity index (χ3n) is 5.45. The Morgan fingerprint density at radius 2 is 1.81 bits per heavy atom. The molecule has 0 saturated carbocycles. The number of carbonyl (C=O) groups is 1. The maximum absolute atomic E-state index is 14.0. The summed E-state index contributed by atoms with van der Waals surface area (Å²) < 4.78 is 71.8. The van der Waals surface area contributed by atoms with Gasteiger partial charge in [-0.05, 0) is 43.2 Å². The first-order valence-electron chi connectivity index (χ1n) is 10.3. The van der Waals surface area contributed by atoms with E-state index in [0.717, 1.165) is 12.1 Å². The van der Waals surface area contributed by atoms with E-state index in [1.165, 1.54) is 17.0 Å². The molecule has 0 aliphatic carbocycles. The summed E-state index contributed by atoms with van der Waals surface area (Å²) in [7, 11) is 0. The number of nitrogens with one attached hydrogen (secondary N) is 1. The Hall–Kier alpha value is -2.68. The zero-order valence-corrected chi connectivity index (χ0v) is 17.5. The molecular weight excluding hydrogens is 431 g/mol. The molecule has 1 aliphatic heterocycles. The van der Waals surface area contributed by atoms with E-state index in [1.54, 1.807) is 31.2 Å². The molecule has 9 heteroatoms. The summed E-state index contributed by atoms with van der Waals surface area (Å²) >= 11 is 0. The number of piperidine rings is 1. The van der Waals surface area contributed by atoms with Crippen molar-refractivity contribution in [1.82, 2.24) is 10.2 Å². The fourth-order valence-electron chi connectivity index (χ4n) is 3.70. The smallest absolute Gasteiger partial charge is 0.416 e. The van der Waals surface area contributed by atoms with E-state index in [0.29, 0.717) is 11.3 Å². The Kier molecular flexibility index (Phi) is 7.38. The average Bonchev–Trinajstić information content (AvgIpc) is 2.73. The second kappa shape index (κ2) is 9.85. The van der Waals surface area contributed by atoms with E-state index in [2.05, 4.69) is 5.32 Å². The molecular formula is C23H25F5N2O2. The normalized spacial score (nSPS) is 19.9. The van der Waals surface area contributed by atoms with Gasteiger partial charge in [-0.3, -0.25) is 9.69 Å². The van der Waals surface area contributed by atoms with Gasteiger partial charge < -0.3 is 10.1 Å². The Bertz CT molecular complexity index is 888. The maximum atomic E-state index is 14.0. The lowest BCUT2D eigenvalue weighted by Gasteiger charge is -2.38. The van der Waals surface area contributed by atoms with Crippen LogP contribution >= 0.6 is 0 Å². The minimum Gasteiger partial charge on any atom is -0.492 e. The summed E-state index contributed by atoms with van der Waals surface area (Å²) in [6.07, 6.45) is -4.87. The van der Waals surface area contributed by atoms with Crippen molar-refractivity contribution in [2.45, 2.75) is 43.9 Å². The van der Waals surface area contributed by atoms with Crippen LogP contribution in [0, 0.1) is 0 Å². The number of ether oxygens (including phenoxy) is 1. The topological polar surface area (TPSA) is 41.6 Å². The average molecular weight is 456 g/mol. The van der Waals surface area contributed by atoms with E-state index in [4.69, 9.17) is 4.74 Å². The maximum Gasteiger partial charge on any atom is 0.416 e. The summed E-state index contributed by atoms with van der Waals surface area (Å²) in [6, 6.07) is 12.1. The first-order valence-corrected chi connectivity index (χ1v) is 10.3. The van der Waals surface area contributed by atoms with Crippen LogP contribution in [-0.4, -0.2) is 42.5 Å². The van der Waals surface area contributed by atoms with Crippen molar-refractivity contribution in [3.63, 3.8) is 0 Å². The highest BCUT2D eigenvalue weighted by Crippen LogP contribution is 2.32. The lowest BCUT2D eigenvalue weighted by molar-refractivity contribution is -0.138. The number of benzene rings is 2. The highest BCUT2D eigenvalue weighted by Gasteiger charge is 2.42. The zero-order chi connectivity index (χ0) is 23.4. The molecule has 1 amide bonds. The van der Waals surface area contributed by atoms with Crippen LogP contribution in [-0.2, 0) is 11.0 Å². The van der Waals surface area contributed by atoms with Crippen molar-refractivity contribution in [2.24, 2.45) is 0 Å². The Balaban J connectivity index is 1.61. The molecule has 2 aromatic carbocycles. The zero-order valence-electron chi connectivity index (χ0n) is 17.5. The van der Waals surface area contributed by atoms with E-state index in [9.17, 15) is 26.7 Å². The van der Waals surface area contributed by atoms with Gasteiger partial charge in [0.15, 0.2) is 0 Å². The minimum absolute atomic E-state index is 0.0239. The van der Waals surface area contributed by atoms with Crippen molar-refractivity contribution >= 4 is 5.91 Å². The van der Waals surface area contributed by atoms with Crippen molar-refractivity contribution in [3.8, 4) is 5.75 Å². The van der Waals surface area contributed by atoms with Crippen LogP contribution in [0.1, 0.15) is 36.9 Å². The van der Waals surface area contributed by atoms with Gasteiger partial charge >= 0.3 is 6.18 Å². The predicted molar refractivity (Wildman–Crippen MR) is 109 cm³/mol. The van der Waals surface area contributed by atoms with Crippen molar-refractivity contribution in [2.75, 3.05) is 19.7 Å². The number of halogens is 5. The van der Waals surface area contributed by atoms with E-state index >= 15 is 0 Å². The van der Waals surface area contributed by atoms with Crippen molar-refractivity contribution in [1.29, 1.82) is 0 Å². The van der Waals surface area contributed by atoms with Crippen LogP contribution in [0.15, 0.2) is 54.6 Å². The molecule has 2 atom stereocenters. The van der Waals surface area contributed by atoms with Gasteiger partial charge in [-0.1, -0.05) is 30.3 Å². The molecule has 32 heavy (non-hydrogen) atoms. The van der Waals surface area contributed by atoms with Gasteiger partial charge in [0.05, 0.1) is 24.2 Å². The second-order valence-corrected chi connectivity index (χ2v) is 7.89. The summed E-state index contributed by atoms with van der Waals surface area (Å²) in [5.41, 5.74) is -0.287. The summed E-state index contributed by atoms with van der Waals surface area (Å²) in [6.45, 7) is 1.36. The fraction of sp³-hybridized carbons (Fsp3) is 0.435.